The molecule has 5 nitrogen and oxygen atoms in total. The summed E-state index contributed by atoms with van der Waals surface area (Å²) in [6.45, 7) is 0. The highest BCUT2D eigenvalue weighted by molar-refractivity contribution is 6.38. The lowest BCUT2D eigenvalue weighted by molar-refractivity contribution is 0.656. The number of furan rings is 2. The van der Waals surface area contributed by atoms with Gasteiger partial charge in [-0.25, -0.2) is 9.97 Å². The van der Waals surface area contributed by atoms with Crippen LogP contribution in [0.25, 0.3) is 116 Å². The van der Waals surface area contributed by atoms with Crippen molar-refractivity contribution in [3.63, 3.8) is 0 Å². The van der Waals surface area contributed by atoms with Crippen molar-refractivity contribution in [3.8, 4) is 28.2 Å². The van der Waals surface area contributed by atoms with E-state index in [2.05, 4.69) is 102 Å². The molecule has 216 valence electrons. The van der Waals surface area contributed by atoms with Crippen LogP contribution in [0.2, 0.25) is 0 Å². The van der Waals surface area contributed by atoms with Crippen molar-refractivity contribution in [2.45, 2.75) is 0 Å². The lowest BCUT2D eigenvalue weighted by Crippen LogP contribution is -2.03. The van der Waals surface area contributed by atoms with Gasteiger partial charge in [0.25, 0.3) is 0 Å². The summed E-state index contributed by atoms with van der Waals surface area (Å²) in [6.07, 6.45) is 0. The first-order chi connectivity index (χ1) is 23.3. The van der Waals surface area contributed by atoms with Crippen molar-refractivity contribution in [3.05, 3.63) is 127 Å². The molecule has 0 radical (unpaired) electrons. The van der Waals surface area contributed by atoms with Crippen molar-refractivity contribution < 1.29 is 8.83 Å². The number of nitrogens with zero attached hydrogens (tertiary/aromatic N) is 3. The Hall–Kier alpha value is -6.46. The summed E-state index contributed by atoms with van der Waals surface area (Å²) in [5, 5.41) is 10.3. The van der Waals surface area contributed by atoms with Crippen LogP contribution < -0.4 is 0 Å². The molecule has 0 spiro atoms. The maximum absolute atomic E-state index is 6.54. The van der Waals surface area contributed by atoms with Crippen LogP contribution >= 0.6 is 0 Å². The smallest absolute Gasteiger partial charge is 0.247 e. The Morgan fingerprint density at radius 3 is 2.11 bits per heavy atom. The Labute approximate surface area is 265 Å². The maximum atomic E-state index is 6.54. The summed E-state index contributed by atoms with van der Waals surface area (Å²) in [7, 11) is 0. The van der Waals surface area contributed by atoms with Crippen molar-refractivity contribution in [2.75, 3.05) is 0 Å². The molecule has 1 aliphatic carbocycles. The molecule has 0 fully saturated rings. The van der Waals surface area contributed by atoms with Crippen LogP contribution in [0.15, 0.2) is 136 Å². The van der Waals surface area contributed by atoms with Gasteiger partial charge in [0.05, 0.1) is 11.0 Å². The minimum atomic E-state index is 0.529. The summed E-state index contributed by atoms with van der Waals surface area (Å²) in [6, 6.07) is 44.6. The fourth-order valence-electron chi connectivity index (χ4n) is 8.19. The molecule has 47 heavy (non-hydrogen) atoms. The first-order valence-corrected chi connectivity index (χ1v) is 15.8. The van der Waals surface area contributed by atoms with Gasteiger partial charge >= 0.3 is 0 Å². The molecule has 5 heteroatoms. The number of fused-ring (bicyclic) bond motifs is 6. The summed E-state index contributed by atoms with van der Waals surface area (Å²) in [4.78, 5) is 10.8. The molecule has 4 aromatic heterocycles. The van der Waals surface area contributed by atoms with Crippen molar-refractivity contribution in [1.29, 1.82) is 0 Å². The third-order valence-corrected chi connectivity index (χ3v) is 10.1. The molecule has 1 aliphatic rings. The van der Waals surface area contributed by atoms with Crippen molar-refractivity contribution in [1.82, 2.24) is 14.5 Å². The van der Waals surface area contributed by atoms with E-state index in [9.17, 15) is 0 Å². The highest BCUT2D eigenvalue weighted by Gasteiger charge is 2.28. The topological polar surface area (TPSA) is 57.0 Å². The van der Waals surface area contributed by atoms with E-state index in [-0.39, 0.29) is 0 Å². The van der Waals surface area contributed by atoms with E-state index < -0.39 is 0 Å². The fraction of sp³-hybridized carbons (Fsp3) is 0. The molecule has 0 atom stereocenters. The molecular formula is C42H21N3O2. The van der Waals surface area contributed by atoms with Crippen LogP contribution in [0, 0.1) is 0 Å². The van der Waals surface area contributed by atoms with E-state index in [0.29, 0.717) is 5.71 Å². The Bertz CT molecular complexity index is 3180. The zero-order valence-corrected chi connectivity index (χ0v) is 24.8. The minimum Gasteiger partial charge on any atom is -0.456 e. The number of aromatic nitrogens is 3. The second-order valence-electron chi connectivity index (χ2n) is 12.5. The molecule has 12 rings (SSSR count). The lowest BCUT2D eigenvalue weighted by Gasteiger charge is -2.13. The molecule has 7 aromatic carbocycles. The van der Waals surface area contributed by atoms with Gasteiger partial charge < -0.3 is 8.83 Å². The van der Waals surface area contributed by atoms with Gasteiger partial charge in [0.2, 0.25) is 5.71 Å². The second-order valence-corrected chi connectivity index (χ2v) is 12.5. The Balaban J connectivity index is 1.32. The average molecular weight is 600 g/mol. The number of hydrogen-bond donors (Lipinski definition) is 0. The van der Waals surface area contributed by atoms with Gasteiger partial charge in [0.1, 0.15) is 28.0 Å². The summed E-state index contributed by atoms with van der Waals surface area (Å²) in [5.41, 5.74) is 10.2. The molecule has 4 heterocycles. The minimum absolute atomic E-state index is 0.529. The highest BCUT2D eigenvalue weighted by atomic mass is 16.3. The summed E-state index contributed by atoms with van der Waals surface area (Å²) < 4.78 is 15.4. The second kappa shape index (κ2) is 8.22. The Morgan fingerprint density at radius 2 is 1.19 bits per heavy atom. The summed E-state index contributed by atoms with van der Waals surface area (Å²) >= 11 is 0. The van der Waals surface area contributed by atoms with Gasteiger partial charge in [-0.3, -0.25) is 4.57 Å². The third kappa shape index (κ3) is 2.86. The lowest BCUT2D eigenvalue weighted by atomic mass is 9.95. The molecule has 0 amide bonds. The van der Waals surface area contributed by atoms with E-state index >= 15 is 0 Å². The van der Waals surface area contributed by atoms with Crippen LogP contribution in [0.5, 0.6) is 0 Å². The number of rotatable bonds is 2. The van der Waals surface area contributed by atoms with Gasteiger partial charge in [0, 0.05) is 37.9 Å². The van der Waals surface area contributed by atoms with Gasteiger partial charge in [-0.1, -0.05) is 97.1 Å². The van der Waals surface area contributed by atoms with Crippen LogP contribution in [0.4, 0.5) is 0 Å². The fourth-order valence-corrected chi connectivity index (χ4v) is 8.19. The predicted octanol–water partition coefficient (Wildman–Crippen LogP) is 11.3. The third-order valence-electron chi connectivity index (χ3n) is 10.1. The first-order valence-electron chi connectivity index (χ1n) is 15.8. The average Bonchev–Trinajstić information content (AvgIpc) is 3.77. The van der Waals surface area contributed by atoms with Crippen molar-refractivity contribution in [2.24, 2.45) is 0 Å². The number of hydrogen-bond acceptors (Lipinski definition) is 4. The van der Waals surface area contributed by atoms with Gasteiger partial charge in [0.15, 0.2) is 5.82 Å². The Kier molecular flexibility index (Phi) is 4.17. The predicted molar refractivity (Wildman–Crippen MR) is 190 cm³/mol. The molecule has 0 N–H and O–H groups in total. The highest BCUT2D eigenvalue weighted by Crippen LogP contribution is 2.51. The van der Waals surface area contributed by atoms with E-state index in [0.717, 1.165) is 77.3 Å². The van der Waals surface area contributed by atoms with Gasteiger partial charge in [-0.05, 0) is 57.6 Å². The van der Waals surface area contributed by atoms with E-state index in [1.165, 1.54) is 32.7 Å². The van der Waals surface area contributed by atoms with Crippen LogP contribution in [0.3, 0.4) is 0 Å². The quantitative estimate of drug-likeness (QED) is 0.198. The van der Waals surface area contributed by atoms with E-state index in [1.54, 1.807) is 0 Å². The molecule has 0 bridgehead atoms. The monoisotopic (exact) mass is 599 g/mol. The zero-order chi connectivity index (χ0) is 30.4. The largest absolute Gasteiger partial charge is 0.456 e. The molecule has 0 saturated heterocycles. The van der Waals surface area contributed by atoms with Crippen molar-refractivity contribution >= 4 is 87.5 Å². The maximum Gasteiger partial charge on any atom is 0.247 e. The first kappa shape index (κ1) is 23.9. The van der Waals surface area contributed by atoms with Gasteiger partial charge in [-0.2, -0.15) is 0 Å². The molecule has 0 unspecified atom stereocenters. The molecule has 11 aromatic rings. The van der Waals surface area contributed by atoms with E-state index in [1.807, 2.05) is 30.3 Å². The van der Waals surface area contributed by atoms with E-state index in [4.69, 9.17) is 18.8 Å². The molecular weight excluding hydrogens is 578 g/mol. The Morgan fingerprint density at radius 1 is 0.468 bits per heavy atom. The van der Waals surface area contributed by atoms with Crippen LogP contribution in [0.1, 0.15) is 0 Å². The summed E-state index contributed by atoms with van der Waals surface area (Å²) in [5.74, 6) is 0.768. The molecule has 0 saturated carbocycles. The van der Waals surface area contributed by atoms with Crippen LogP contribution in [-0.4, -0.2) is 14.5 Å². The van der Waals surface area contributed by atoms with Gasteiger partial charge in [-0.15, -0.1) is 0 Å². The standard InChI is InChI=1S/C42H21N3O2/c1-2-9-24(10-3-1)38-41(43-39-28-18-16-22-8-4-5-12-25(22)40(28)47-42(39)44-38)45-29-19-17-23-11-6-13-26-27-14-7-15-31-34(27)37-32(46-31)21-20-30(45)36(37)35(29)33(23)26/h1-21H. The number of benzene rings is 7. The normalized spacial score (nSPS) is 12.7. The van der Waals surface area contributed by atoms with Crippen LogP contribution in [-0.2, 0) is 0 Å². The molecule has 0 aliphatic heterocycles. The zero-order valence-electron chi connectivity index (χ0n) is 24.8. The SMILES string of the molecule is c1ccc(-c2nc3oc4c5ccccc5ccc4c3nc2-n2c3ccc4cccc5c4c3c3c4c(ccc32)oc2cccc-5c24)cc1.